The van der Waals surface area contributed by atoms with Crippen molar-refractivity contribution in [2.75, 3.05) is 6.54 Å². The van der Waals surface area contributed by atoms with Gasteiger partial charge in [-0.1, -0.05) is 6.42 Å². The molecule has 1 saturated carbocycles. The summed E-state index contributed by atoms with van der Waals surface area (Å²) in [6.45, 7) is 2.88. The van der Waals surface area contributed by atoms with Gasteiger partial charge in [-0.3, -0.25) is 4.99 Å². The molecule has 2 heteroatoms. The molecule has 2 aliphatic rings. The number of hydrogen-bond donors (Lipinski definition) is 0. The van der Waals surface area contributed by atoms with Gasteiger partial charge >= 0.3 is 0 Å². The lowest BCUT2D eigenvalue weighted by Gasteiger charge is -2.31. The van der Waals surface area contributed by atoms with Gasteiger partial charge in [-0.2, -0.15) is 0 Å². The van der Waals surface area contributed by atoms with E-state index in [1.165, 1.54) is 32.1 Å². The van der Waals surface area contributed by atoms with E-state index in [-0.39, 0.29) is 5.60 Å². The van der Waals surface area contributed by atoms with E-state index in [4.69, 9.17) is 4.74 Å². The maximum absolute atomic E-state index is 5.74. The first-order valence-corrected chi connectivity index (χ1v) is 4.51. The van der Waals surface area contributed by atoms with Crippen molar-refractivity contribution in [3.8, 4) is 0 Å². The summed E-state index contributed by atoms with van der Waals surface area (Å²) in [5.41, 5.74) is 0.141. The Morgan fingerprint density at radius 1 is 1.27 bits per heavy atom. The van der Waals surface area contributed by atoms with Gasteiger partial charge in [0.25, 0.3) is 0 Å². The first kappa shape index (κ1) is 7.14. The van der Waals surface area contributed by atoms with Crippen LogP contribution in [0.2, 0.25) is 0 Å². The Kier molecular flexibility index (Phi) is 1.63. The lowest BCUT2D eigenvalue weighted by Crippen LogP contribution is -2.35. The third kappa shape index (κ3) is 1.26. The second kappa shape index (κ2) is 2.50. The van der Waals surface area contributed by atoms with Gasteiger partial charge in [0.2, 0.25) is 0 Å². The average molecular weight is 153 g/mol. The van der Waals surface area contributed by atoms with Gasteiger partial charge in [-0.25, -0.2) is 0 Å². The smallest absolute Gasteiger partial charge is 0.180 e. The van der Waals surface area contributed by atoms with Crippen LogP contribution in [-0.4, -0.2) is 18.0 Å². The highest BCUT2D eigenvalue weighted by Crippen LogP contribution is 2.34. The minimum absolute atomic E-state index is 0.141. The topological polar surface area (TPSA) is 21.6 Å². The fourth-order valence-electron chi connectivity index (χ4n) is 2.09. The summed E-state index contributed by atoms with van der Waals surface area (Å²) in [5, 5.41) is 0. The van der Waals surface area contributed by atoms with Crippen LogP contribution in [0.4, 0.5) is 0 Å². The van der Waals surface area contributed by atoms with E-state index in [1.807, 2.05) is 6.92 Å². The zero-order valence-electron chi connectivity index (χ0n) is 7.10. The molecule has 11 heavy (non-hydrogen) atoms. The molecule has 0 aromatic carbocycles. The first-order valence-electron chi connectivity index (χ1n) is 4.51. The molecule has 0 N–H and O–H groups in total. The van der Waals surface area contributed by atoms with Crippen molar-refractivity contribution in [3.05, 3.63) is 0 Å². The molecule has 0 aromatic rings. The van der Waals surface area contributed by atoms with Gasteiger partial charge in [0.05, 0.1) is 6.54 Å². The van der Waals surface area contributed by atoms with Crippen molar-refractivity contribution >= 4 is 5.90 Å². The molecule has 0 amide bonds. The average Bonchev–Trinajstić information content (AvgIpc) is 2.34. The maximum Gasteiger partial charge on any atom is 0.180 e. The Labute approximate surface area is 67.7 Å². The summed E-state index contributed by atoms with van der Waals surface area (Å²) in [7, 11) is 0. The van der Waals surface area contributed by atoms with Crippen LogP contribution in [0.3, 0.4) is 0 Å². The Hall–Kier alpha value is -0.530. The van der Waals surface area contributed by atoms with Gasteiger partial charge in [0, 0.05) is 6.92 Å². The van der Waals surface area contributed by atoms with Crippen LogP contribution in [0.1, 0.15) is 39.0 Å². The number of hydrogen-bond acceptors (Lipinski definition) is 2. The lowest BCUT2D eigenvalue weighted by atomic mass is 9.85. The van der Waals surface area contributed by atoms with Crippen molar-refractivity contribution in [1.82, 2.24) is 0 Å². The summed E-state index contributed by atoms with van der Waals surface area (Å²) in [6.07, 6.45) is 6.46. The van der Waals surface area contributed by atoms with E-state index in [0.717, 1.165) is 12.4 Å². The van der Waals surface area contributed by atoms with E-state index in [0.29, 0.717) is 0 Å². The van der Waals surface area contributed by atoms with Gasteiger partial charge in [-0.05, 0) is 25.7 Å². The molecule has 2 nitrogen and oxygen atoms in total. The number of nitrogens with zero attached hydrogens (tertiary/aromatic N) is 1. The monoisotopic (exact) mass is 153 g/mol. The minimum Gasteiger partial charge on any atom is -0.473 e. The highest BCUT2D eigenvalue weighted by molar-refractivity contribution is 5.75. The molecule has 1 spiro atoms. The molecule has 0 bridgehead atoms. The standard InChI is InChI=1S/C9H15NO/c1-8-10-7-9(11-8)5-3-2-4-6-9/h2-7H2,1H3. The summed E-state index contributed by atoms with van der Waals surface area (Å²) in [6, 6.07) is 0. The van der Waals surface area contributed by atoms with Crippen molar-refractivity contribution in [2.45, 2.75) is 44.6 Å². The predicted molar refractivity (Wildman–Crippen MR) is 44.9 cm³/mol. The number of ether oxygens (including phenoxy) is 1. The molecule has 1 aliphatic carbocycles. The highest BCUT2D eigenvalue weighted by atomic mass is 16.5. The second-order valence-corrected chi connectivity index (χ2v) is 3.68. The molecule has 0 atom stereocenters. The van der Waals surface area contributed by atoms with Crippen LogP contribution in [0.25, 0.3) is 0 Å². The zero-order chi connectivity index (χ0) is 7.73. The Bertz CT molecular complexity index is 180. The highest BCUT2D eigenvalue weighted by Gasteiger charge is 2.37. The van der Waals surface area contributed by atoms with Crippen molar-refractivity contribution in [3.63, 3.8) is 0 Å². The summed E-state index contributed by atoms with van der Waals surface area (Å²) >= 11 is 0. The van der Waals surface area contributed by atoms with Crippen LogP contribution in [0.5, 0.6) is 0 Å². The van der Waals surface area contributed by atoms with Crippen molar-refractivity contribution < 1.29 is 4.74 Å². The predicted octanol–water partition coefficient (Wildman–Crippen LogP) is 2.14. The molecular formula is C9H15NO. The molecular weight excluding hydrogens is 138 g/mol. The SMILES string of the molecule is CC1=NCC2(CCCCC2)O1. The van der Waals surface area contributed by atoms with E-state index < -0.39 is 0 Å². The van der Waals surface area contributed by atoms with Crippen LogP contribution >= 0.6 is 0 Å². The zero-order valence-corrected chi connectivity index (χ0v) is 7.10. The van der Waals surface area contributed by atoms with Gasteiger partial charge in [0.1, 0.15) is 5.60 Å². The van der Waals surface area contributed by atoms with E-state index in [9.17, 15) is 0 Å². The molecule has 1 heterocycles. The molecule has 1 aliphatic heterocycles. The molecule has 1 fully saturated rings. The number of rotatable bonds is 0. The van der Waals surface area contributed by atoms with Crippen molar-refractivity contribution in [2.24, 2.45) is 4.99 Å². The summed E-state index contributed by atoms with van der Waals surface area (Å²) < 4.78 is 5.74. The largest absolute Gasteiger partial charge is 0.473 e. The van der Waals surface area contributed by atoms with Crippen molar-refractivity contribution in [1.29, 1.82) is 0 Å². The second-order valence-electron chi connectivity index (χ2n) is 3.68. The van der Waals surface area contributed by atoms with E-state index >= 15 is 0 Å². The van der Waals surface area contributed by atoms with Gasteiger partial charge in [-0.15, -0.1) is 0 Å². The molecule has 2 rings (SSSR count). The quantitative estimate of drug-likeness (QED) is 0.522. The Morgan fingerprint density at radius 3 is 2.55 bits per heavy atom. The van der Waals surface area contributed by atoms with E-state index in [1.54, 1.807) is 0 Å². The van der Waals surface area contributed by atoms with Gasteiger partial charge in [0.15, 0.2) is 5.90 Å². The first-order chi connectivity index (χ1) is 5.31. The van der Waals surface area contributed by atoms with Crippen LogP contribution in [-0.2, 0) is 4.74 Å². The third-order valence-electron chi connectivity index (χ3n) is 2.72. The molecule has 62 valence electrons. The maximum atomic E-state index is 5.74. The molecule has 0 radical (unpaired) electrons. The van der Waals surface area contributed by atoms with Crippen LogP contribution in [0.15, 0.2) is 4.99 Å². The third-order valence-corrected chi connectivity index (χ3v) is 2.72. The lowest BCUT2D eigenvalue weighted by molar-refractivity contribution is 0.0462. The fraction of sp³-hybridized carbons (Fsp3) is 0.889. The molecule has 0 unspecified atom stereocenters. The Balaban J connectivity index is 2.01. The van der Waals surface area contributed by atoms with Crippen LogP contribution in [0, 0.1) is 0 Å². The molecule has 0 aromatic heterocycles. The minimum atomic E-state index is 0.141. The summed E-state index contributed by atoms with van der Waals surface area (Å²) in [4.78, 5) is 4.31. The van der Waals surface area contributed by atoms with E-state index in [2.05, 4.69) is 4.99 Å². The van der Waals surface area contributed by atoms with Crippen LogP contribution < -0.4 is 0 Å². The normalized spacial score (nSPS) is 28.3. The fourth-order valence-corrected chi connectivity index (χ4v) is 2.09. The summed E-state index contributed by atoms with van der Waals surface area (Å²) in [5.74, 6) is 0.895. The van der Waals surface area contributed by atoms with Gasteiger partial charge < -0.3 is 4.74 Å². The number of aliphatic imine (C=N–C) groups is 1. The molecule has 0 saturated heterocycles. The Morgan fingerprint density at radius 2 is 2.00 bits per heavy atom.